The Morgan fingerprint density at radius 1 is 1.53 bits per heavy atom. The zero-order chi connectivity index (χ0) is 12.4. The van der Waals surface area contributed by atoms with Gasteiger partial charge in [0.1, 0.15) is 6.61 Å². The van der Waals surface area contributed by atoms with Gasteiger partial charge in [-0.3, -0.25) is 14.4 Å². The summed E-state index contributed by atoms with van der Waals surface area (Å²) in [7, 11) is 0. The molecular formula is C11H18N2O4. The summed E-state index contributed by atoms with van der Waals surface area (Å²) in [5.74, 6) is 0.441. The highest BCUT2D eigenvalue weighted by Gasteiger charge is 2.38. The Morgan fingerprint density at radius 2 is 2.24 bits per heavy atom. The van der Waals surface area contributed by atoms with Crippen LogP contribution >= 0.6 is 0 Å². The van der Waals surface area contributed by atoms with Crippen LogP contribution < -0.4 is 5.32 Å². The third-order valence-corrected chi connectivity index (χ3v) is 3.16. The van der Waals surface area contributed by atoms with Gasteiger partial charge in [0.25, 0.3) is 0 Å². The quantitative estimate of drug-likeness (QED) is 0.682. The maximum Gasteiger partial charge on any atom is 0.247 e. The van der Waals surface area contributed by atoms with Crippen molar-refractivity contribution < 1.29 is 19.5 Å². The number of rotatable bonds is 4. The van der Waals surface area contributed by atoms with Crippen LogP contribution in [0.1, 0.15) is 19.8 Å². The lowest BCUT2D eigenvalue weighted by atomic mass is 10.3. The van der Waals surface area contributed by atoms with Gasteiger partial charge in [0.2, 0.25) is 11.8 Å². The molecule has 6 heteroatoms. The van der Waals surface area contributed by atoms with Gasteiger partial charge in [-0.15, -0.1) is 0 Å². The van der Waals surface area contributed by atoms with Crippen LogP contribution in [0.3, 0.4) is 0 Å². The minimum atomic E-state index is -0.596. The third-order valence-electron chi connectivity index (χ3n) is 3.16. The summed E-state index contributed by atoms with van der Waals surface area (Å²) in [6.07, 6.45) is 0.557. The number of hydrogen-bond acceptors (Lipinski definition) is 4. The van der Waals surface area contributed by atoms with Crippen LogP contribution in [-0.4, -0.2) is 47.8 Å². The van der Waals surface area contributed by atoms with E-state index in [1.165, 1.54) is 0 Å². The highest BCUT2D eigenvalue weighted by atomic mass is 16.7. The normalized spacial score (nSPS) is 31.4. The Morgan fingerprint density at radius 3 is 2.76 bits per heavy atom. The lowest BCUT2D eigenvalue weighted by Gasteiger charge is -2.13. The molecule has 2 fully saturated rings. The van der Waals surface area contributed by atoms with Crippen LogP contribution in [0.4, 0.5) is 0 Å². The maximum atomic E-state index is 11.6. The fourth-order valence-corrected chi connectivity index (χ4v) is 1.88. The zero-order valence-corrected chi connectivity index (χ0v) is 9.89. The molecule has 1 aliphatic heterocycles. The van der Waals surface area contributed by atoms with Crippen LogP contribution in [0.5, 0.6) is 0 Å². The molecule has 0 aromatic rings. The first-order chi connectivity index (χ1) is 8.08. The summed E-state index contributed by atoms with van der Waals surface area (Å²) in [5, 5.41) is 13.1. The highest BCUT2D eigenvalue weighted by Crippen LogP contribution is 2.37. The van der Waals surface area contributed by atoms with Crippen molar-refractivity contribution in [2.24, 2.45) is 11.8 Å². The van der Waals surface area contributed by atoms with Crippen molar-refractivity contribution in [2.45, 2.75) is 25.9 Å². The van der Waals surface area contributed by atoms with Gasteiger partial charge in [0.05, 0.1) is 12.6 Å². The van der Waals surface area contributed by atoms with Gasteiger partial charge < -0.3 is 10.4 Å². The average molecular weight is 242 g/mol. The molecule has 1 heterocycles. The fraction of sp³-hybridized carbons (Fsp3) is 0.818. The monoisotopic (exact) mass is 242 g/mol. The largest absolute Gasteiger partial charge is 0.389 e. The number of amides is 2. The average Bonchev–Trinajstić information content (AvgIpc) is 2.85. The molecular weight excluding hydrogens is 224 g/mol. The fourth-order valence-electron chi connectivity index (χ4n) is 1.88. The Labute approximate surface area is 99.9 Å². The van der Waals surface area contributed by atoms with Crippen molar-refractivity contribution >= 4 is 11.8 Å². The summed E-state index contributed by atoms with van der Waals surface area (Å²) in [6.45, 7) is 2.75. The van der Waals surface area contributed by atoms with Crippen molar-refractivity contribution in [3.8, 4) is 0 Å². The minimum Gasteiger partial charge on any atom is -0.389 e. The smallest absolute Gasteiger partial charge is 0.247 e. The molecule has 0 aromatic carbocycles. The molecule has 0 aromatic heterocycles. The van der Waals surface area contributed by atoms with E-state index in [1.807, 2.05) is 6.92 Å². The van der Waals surface area contributed by atoms with Gasteiger partial charge in [0, 0.05) is 18.9 Å². The van der Waals surface area contributed by atoms with E-state index in [9.17, 15) is 14.7 Å². The van der Waals surface area contributed by atoms with E-state index in [0.717, 1.165) is 11.5 Å². The first-order valence-electron chi connectivity index (χ1n) is 5.97. The molecule has 96 valence electrons. The van der Waals surface area contributed by atoms with Gasteiger partial charge in [-0.25, -0.2) is 5.06 Å². The molecule has 2 N–H and O–H groups in total. The summed E-state index contributed by atoms with van der Waals surface area (Å²) in [4.78, 5) is 28.0. The van der Waals surface area contributed by atoms with Gasteiger partial charge in [-0.1, -0.05) is 6.92 Å². The number of aliphatic hydroxyl groups is 1. The number of carbonyl (C=O) groups is 2. The Bertz CT molecular complexity index is 321. The molecule has 0 bridgehead atoms. The number of hydroxylamine groups is 2. The number of β-amino-alcohol motifs (C(OH)–C–C–N with tert-alkyl or cyclic N) is 1. The van der Waals surface area contributed by atoms with Crippen molar-refractivity contribution in [3.63, 3.8) is 0 Å². The van der Waals surface area contributed by atoms with Gasteiger partial charge in [0.15, 0.2) is 0 Å². The standard InChI is InChI=1S/C11H18N2O4/c1-7-4-9(7)11(16)12-3-2-10(15)13-5-8(14)6-17-13/h7-9,14H,2-6H2,1H3,(H,12,16). The van der Waals surface area contributed by atoms with Crippen molar-refractivity contribution in [2.75, 3.05) is 19.7 Å². The summed E-state index contributed by atoms with van der Waals surface area (Å²) < 4.78 is 0. The molecule has 1 saturated heterocycles. The van der Waals surface area contributed by atoms with Gasteiger partial charge >= 0.3 is 0 Å². The molecule has 2 amide bonds. The van der Waals surface area contributed by atoms with Crippen LogP contribution in [0.2, 0.25) is 0 Å². The van der Waals surface area contributed by atoms with E-state index in [2.05, 4.69) is 5.32 Å². The molecule has 3 unspecified atom stereocenters. The summed E-state index contributed by atoms with van der Waals surface area (Å²) in [5.41, 5.74) is 0. The molecule has 3 atom stereocenters. The second-order valence-corrected chi connectivity index (χ2v) is 4.76. The van der Waals surface area contributed by atoms with Gasteiger partial charge in [-0.05, 0) is 12.3 Å². The molecule has 1 aliphatic carbocycles. The minimum absolute atomic E-state index is 0.0349. The Hall–Kier alpha value is -1.14. The number of carbonyl (C=O) groups excluding carboxylic acids is 2. The zero-order valence-electron chi connectivity index (χ0n) is 9.89. The van der Waals surface area contributed by atoms with E-state index in [-0.39, 0.29) is 37.3 Å². The maximum absolute atomic E-state index is 11.6. The second kappa shape index (κ2) is 5.01. The number of hydrogen-bond donors (Lipinski definition) is 2. The van der Waals surface area contributed by atoms with Crippen molar-refractivity contribution in [1.29, 1.82) is 0 Å². The number of nitrogens with one attached hydrogen (secondary N) is 1. The van der Waals surface area contributed by atoms with Gasteiger partial charge in [-0.2, -0.15) is 0 Å². The topological polar surface area (TPSA) is 78.9 Å². The lowest BCUT2D eigenvalue weighted by Crippen LogP contribution is -2.33. The van der Waals surface area contributed by atoms with Crippen LogP contribution in [0.25, 0.3) is 0 Å². The molecule has 2 aliphatic rings. The van der Waals surface area contributed by atoms with Crippen molar-refractivity contribution in [1.82, 2.24) is 10.4 Å². The van der Waals surface area contributed by atoms with E-state index < -0.39 is 6.10 Å². The molecule has 6 nitrogen and oxygen atoms in total. The molecule has 0 radical (unpaired) electrons. The second-order valence-electron chi connectivity index (χ2n) is 4.76. The van der Waals surface area contributed by atoms with Crippen LogP contribution in [0, 0.1) is 11.8 Å². The predicted molar refractivity (Wildman–Crippen MR) is 58.6 cm³/mol. The third kappa shape index (κ3) is 3.17. The predicted octanol–water partition coefficient (Wildman–Crippen LogP) is -0.717. The first kappa shape index (κ1) is 12.3. The molecule has 0 spiro atoms. The Kier molecular flexibility index (Phi) is 3.63. The van der Waals surface area contributed by atoms with E-state index >= 15 is 0 Å². The van der Waals surface area contributed by atoms with Crippen LogP contribution in [0.15, 0.2) is 0 Å². The summed E-state index contributed by atoms with van der Waals surface area (Å²) in [6, 6.07) is 0. The first-order valence-corrected chi connectivity index (χ1v) is 5.97. The van der Waals surface area contributed by atoms with E-state index in [4.69, 9.17) is 4.84 Å². The van der Waals surface area contributed by atoms with Crippen LogP contribution in [-0.2, 0) is 14.4 Å². The summed E-state index contributed by atoms with van der Waals surface area (Å²) >= 11 is 0. The van der Waals surface area contributed by atoms with E-state index in [1.54, 1.807) is 0 Å². The Balaban J connectivity index is 1.61. The number of nitrogens with zero attached hydrogens (tertiary/aromatic N) is 1. The molecule has 17 heavy (non-hydrogen) atoms. The highest BCUT2D eigenvalue weighted by molar-refractivity contribution is 5.82. The van der Waals surface area contributed by atoms with Crippen molar-refractivity contribution in [3.05, 3.63) is 0 Å². The molecule has 2 rings (SSSR count). The lowest BCUT2D eigenvalue weighted by molar-refractivity contribution is -0.168. The molecule has 1 saturated carbocycles. The number of aliphatic hydroxyl groups excluding tert-OH is 1. The van der Waals surface area contributed by atoms with E-state index in [0.29, 0.717) is 12.5 Å². The SMILES string of the molecule is CC1CC1C(=O)NCCC(=O)N1CC(O)CO1.